The van der Waals surface area contributed by atoms with Crippen LogP contribution in [0.3, 0.4) is 0 Å². The third-order valence-electron chi connectivity index (χ3n) is 25.0. The maximum atomic E-state index is 7.61. The van der Waals surface area contributed by atoms with E-state index in [-0.39, 0.29) is 37.1 Å². The zero-order valence-electron chi connectivity index (χ0n) is 81.0. The van der Waals surface area contributed by atoms with Crippen molar-refractivity contribution in [1.29, 1.82) is 0 Å². The molecule has 132 heavy (non-hydrogen) atoms. The fourth-order valence-corrected chi connectivity index (χ4v) is 18.8. The van der Waals surface area contributed by atoms with Gasteiger partial charge in [0.25, 0.3) is 11.6 Å². The van der Waals surface area contributed by atoms with Gasteiger partial charge >= 0.3 is 0 Å². The first-order valence-corrected chi connectivity index (χ1v) is 44.2. The smallest absolute Gasteiger partial charge is 0.294 e. The number of nitrogens with zero attached hydrogens (tertiary/aromatic N) is 10. The summed E-state index contributed by atoms with van der Waals surface area (Å²) in [5.41, 5.74) is 38.5. The molecule has 0 saturated heterocycles. The van der Waals surface area contributed by atoms with Crippen LogP contribution in [0.25, 0.3) is 156 Å². The highest BCUT2D eigenvalue weighted by molar-refractivity contribution is 6.12. The Morgan fingerprint density at radius 3 is 0.970 bits per heavy atom. The van der Waals surface area contributed by atoms with Crippen molar-refractivity contribution in [2.75, 3.05) is 0 Å². The minimum absolute atomic E-state index is 0. The number of furan rings is 3. The third-order valence-corrected chi connectivity index (χ3v) is 25.0. The van der Waals surface area contributed by atoms with Gasteiger partial charge in [0.05, 0.1) is 87.2 Å². The van der Waals surface area contributed by atoms with Gasteiger partial charge < -0.3 is 13.3 Å². The first-order chi connectivity index (χ1) is 62.1. The van der Waals surface area contributed by atoms with Crippen LogP contribution in [0.15, 0.2) is 294 Å². The highest BCUT2D eigenvalue weighted by atomic mass is 16.3. The Bertz CT molecular complexity index is 7600. The van der Waals surface area contributed by atoms with Crippen LogP contribution in [0.5, 0.6) is 0 Å². The molecule has 0 aliphatic heterocycles. The minimum Gasteiger partial charge on any atom is -0.455 e. The van der Waals surface area contributed by atoms with Crippen molar-refractivity contribution in [3.8, 4) is 90.4 Å². The second-order valence-corrected chi connectivity index (χ2v) is 35.8. The number of hydrogen-bond donors (Lipinski definition) is 0. The Morgan fingerprint density at radius 2 is 0.629 bits per heavy atom. The van der Waals surface area contributed by atoms with Crippen LogP contribution in [-0.2, 0) is 49.3 Å². The standard InChI is InChI=1S/C31H37N2.C27H29N2.C20H21N2O.2C18H17N2O.5CH4/c1-20(2)26-14-11-15-27(21(3)4)30(26)33-19-29(28-13-10-9-12-24(28)7)32(8)31(33)25-17-22(5)16-23(6)18-25;1-18-14-19(2)16-23(15-18)27-28(6)25(24-13-8-7-10-20(24)3)17-29(27)26-21(4)11-9-12-22(26)5;1-13(2)22-11-17(21(4)12-22)19-14(3)9-10-16-15-7-5-6-8-18(15)23-20(16)19;2*1-12-8-9-14-13-6-4-5-7-16(13)21-18(14)17(12)15-10-19(2)11-20(15)3;;;;;/h9-21H,1-8H3;7-17H,1-6H3;5-13H,1-4H3;2*4-11H,1-3H3;5*1H4/q5*+1;;;;;/i;;;2D3;;;;;;. The van der Waals surface area contributed by atoms with Gasteiger partial charge in [-0.1, -0.05) is 253 Å². The number of benzene rings is 12. The van der Waals surface area contributed by atoms with Gasteiger partial charge in [0.15, 0.2) is 28.5 Å². The molecule has 0 amide bonds. The third kappa shape index (κ3) is 19.1. The number of para-hydroxylation sites is 5. The van der Waals surface area contributed by atoms with Crippen molar-refractivity contribution < 1.29 is 40.2 Å². The average Bonchev–Trinajstić information content (AvgIpc) is 1.62. The lowest BCUT2D eigenvalue weighted by atomic mass is 9.92. The lowest BCUT2D eigenvalue weighted by Gasteiger charge is -2.18. The minimum atomic E-state index is -2.20. The molecule has 20 rings (SSSR count). The van der Waals surface area contributed by atoms with Gasteiger partial charge in [0.2, 0.25) is 19.0 Å². The van der Waals surface area contributed by atoms with Crippen molar-refractivity contribution in [1.82, 2.24) is 22.8 Å². The highest BCUT2D eigenvalue weighted by Crippen LogP contribution is 2.43. The number of imidazole rings is 5. The van der Waals surface area contributed by atoms with Gasteiger partial charge in [0.1, 0.15) is 75.9 Å². The van der Waals surface area contributed by atoms with Gasteiger partial charge in [-0.05, 0) is 206 Å². The van der Waals surface area contributed by atoms with E-state index in [9.17, 15) is 0 Å². The fourth-order valence-electron chi connectivity index (χ4n) is 18.8. The normalized spacial score (nSPS) is 11.5. The molecule has 13 heteroatoms. The molecule has 0 atom stereocenters. The van der Waals surface area contributed by atoms with Crippen molar-refractivity contribution in [3.05, 3.63) is 353 Å². The number of hydrogen-bond acceptors (Lipinski definition) is 3. The molecule has 0 N–H and O–H groups in total. The average molecular weight is 1760 g/mol. The summed E-state index contributed by atoms with van der Waals surface area (Å²) in [6.45, 7) is 35.2. The van der Waals surface area contributed by atoms with Crippen molar-refractivity contribution >= 4 is 65.8 Å². The van der Waals surface area contributed by atoms with Crippen LogP contribution >= 0.6 is 0 Å². The Balaban J connectivity index is 0.000000162. The summed E-state index contributed by atoms with van der Waals surface area (Å²) in [4.78, 5) is 0. The van der Waals surface area contributed by atoms with Crippen LogP contribution in [0.1, 0.15) is 173 Å². The van der Waals surface area contributed by atoms with Gasteiger partial charge in [-0.15, -0.1) is 0 Å². The molecular weight excluding hydrogens is 1620 g/mol. The molecule has 0 spiro atoms. The second kappa shape index (κ2) is 40.6. The van der Waals surface area contributed by atoms with Gasteiger partial charge in [0, 0.05) is 54.6 Å². The van der Waals surface area contributed by atoms with E-state index in [2.05, 4.69) is 389 Å². The van der Waals surface area contributed by atoms with E-state index in [4.69, 9.17) is 17.4 Å². The van der Waals surface area contributed by atoms with Crippen molar-refractivity contribution in [2.24, 2.45) is 49.3 Å². The summed E-state index contributed by atoms with van der Waals surface area (Å²) in [6, 6.07) is 81.9. The van der Waals surface area contributed by atoms with Crippen LogP contribution in [0.2, 0.25) is 0 Å². The molecule has 0 unspecified atom stereocenters. The van der Waals surface area contributed by atoms with E-state index >= 15 is 0 Å². The molecule has 680 valence electrons. The summed E-state index contributed by atoms with van der Waals surface area (Å²) in [5.74, 6) is 3.28. The summed E-state index contributed by atoms with van der Waals surface area (Å²) >= 11 is 0. The molecule has 0 bridgehead atoms. The maximum absolute atomic E-state index is 7.61. The first kappa shape index (κ1) is 94.2. The molecule has 0 radical (unpaired) electrons. The fraction of sp³-hybridized carbons (Fsp3) is 0.269. The lowest BCUT2D eigenvalue weighted by molar-refractivity contribution is -0.715. The number of aromatic nitrogens is 10. The monoisotopic (exact) mass is 1760 g/mol. The topological polar surface area (TPSA) is 83.5 Å². The first-order valence-electron chi connectivity index (χ1n) is 45.7. The number of aryl methyl sites for hydroxylation is 16. The van der Waals surface area contributed by atoms with Crippen molar-refractivity contribution in [2.45, 2.75) is 173 Å². The van der Waals surface area contributed by atoms with E-state index in [0.717, 1.165) is 61.1 Å². The molecule has 8 heterocycles. The maximum Gasteiger partial charge on any atom is 0.294 e. The van der Waals surface area contributed by atoms with Gasteiger partial charge in [-0.25, -0.2) is 36.5 Å². The van der Waals surface area contributed by atoms with Crippen LogP contribution in [-0.4, -0.2) is 22.8 Å². The van der Waals surface area contributed by atoms with E-state index in [1.807, 2.05) is 80.2 Å². The number of fused-ring (bicyclic) bond motifs is 9. The molecule has 20 aromatic rings. The Labute approximate surface area is 789 Å². The Kier molecular flexibility index (Phi) is 29.0. The van der Waals surface area contributed by atoms with E-state index in [1.54, 1.807) is 12.5 Å². The molecular formula is C119H141N10O3+5. The van der Waals surface area contributed by atoms with Gasteiger partial charge in [-0.3, -0.25) is 0 Å². The van der Waals surface area contributed by atoms with E-state index in [0.29, 0.717) is 17.9 Å². The SMILES string of the molecule is C.C.C.C.C.Cc1cc(C)cc(-c2n(C)c(-c3ccccc3C)c[n+]2-c2c(C(C)C)cccc2C(C)C)c1.Cc1cc(C)cc(-c2n(C)c(-c3ccccc3C)c[n+]2-c2c(C)cccc2C)c1.Cc1ccc2c(oc3ccccc32)c1-c1c[n+](C(C)C)cn1C.Cc1ccc2c(oc3ccccc32)c1-c1c[n+](C)cn1C.[2H]C([2H])([2H])[n+]1cc(-c2c(C)ccc3c2oc2ccccc23)n(C)c1. The highest BCUT2D eigenvalue weighted by Gasteiger charge is 2.33. The molecule has 0 saturated carbocycles. The lowest BCUT2D eigenvalue weighted by Crippen LogP contribution is -2.35. The zero-order valence-corrected chi connectivity index (χ0v) is 78.0. The Hall–Kier alpha value is -13.9. The van der Waals surface area contributed by atoms with Crippen molar-refractivity contribution in [3.63, 3.8) is 0 Å². The van der Waals surface area contributed by atoms with Crippen LogP contribution in [0.4, 0.5) is 0 Å². The molecule has 12 aromatic carbocycles. The molecule has 8 aromatic heterocycles. The predicted molar refractivity (Wildman–Crippen MR) is 557 cm³/mol. The number of rotatable bonds is 12. The summed E-state index contributed by atoms with van der Waals surface area (Å²) in [7, 11) is 12.4. The van der Waals surface area contributed by atoms with E-state index < -0.39 is 6.98 Å². The molecule has 0 aliphatic carbocycles. The van der Waals surface area contributed by atoms with Crippen LogP contribution < -0.4 is 22.8 Å². The molecule has 0 fully saturated rings. The summed E-state index contributed by atoms with van der Waals surface area (Å²) in [5, 5.41) is 6.80. The largest absolute Gasteiger partial charge is 0.455 e. The molecule has 13 nitrogen and oxygen atoms in total. The molecule has 0 aliphatic rings. The predicted octanol–water partition coefficient (Wildman–Crippen LogP) is 29.4. The second-order valence-electron chi connectivity index (χ2n) is 35.8. The quantitative estimate of drug-likeness (QED) is 0.114. The van der Waals surface area contributed by atoms with Gasteiger partial charge in [-0.2, -0.15) is 9.13 Å². The van der Waals surface area contributed by atoms with Crippen LogP contribution in [0, 0.1) is 76.2 Å². The summed E-state index contributed by atoms with van der Waals surface area (Å²) in [6.07, 6.45) is 16.4. The van der Waals surface area contributed by atoms with E-state index in [1.165, 1.54) is 172 Å². The summed E-state index contributed by atoms with van der Waals surface area (Å²) < 4.78 is 62.5. The zero-order chi connectivity index (χ0) is 92.3. The Morgan fingerprint density at radius 1 is 0.303 bits per heavy atom.